The molecular weight excluding hydrogens is 426 g/mol. The van der Waals surface area contributed by atoms with Gasteiger partial charge in [0.25, 0.3) is 5.56 Å². The highest BCUT2D eigenvalue weighted by Crippen LogP contribution is 2.37. The lowest BCUT2D eigenvalue weighted by Crippen LogP contribution is -2.48. The summed E-state index contributed by atoms with van der Waals surface area (Å²) in [5, 5.41) is 1.20. The van der Waals surface area contributed by atoms with Gasteiger partial charge in [-0.1, -0.05) is 13.8 Å². The van der Waals surface area contributed by atoms with E-state index in [2.05, 4.69) is 41.9 Å². The number of hydrogen-bond donors (Lipinski definition) is 1. The highest BCUT2D eigenvalue weighted by atomic mass is 16.5. The smallest absolute Gasteiger partial charge is 0.253 e. The Morgan fingerprint density at radius 1 is 1.15 bits per heavy atom. The van der Waals surface area contributed by atoms with Crippen molar-refractivity contribution in [2.75, 3.05) is 26.3 Å². The molecule has 2 aliphatic rings. The Bertz CT molecular complexity index is 1190. The number of H-pyrrole nitrogens is 1. The summed E-state index contributed by atoms with van der Waals surface area (Å²) in [5.74, 6) is 1.27. The van der Waals surface area contributed by atoms with Gasteiger partial charge >= 0.3 is 0 Å². The van der Waals surface area contributed by atoms with Crippen molar-refractivity contribution in [3.8, 4) is 17.0 Å². The van der Waals surface area contributed by atoms with E-state index < -0.39 is 0 Å². The lowest BCUT2D eigenvalue weighted by atomic mass is 9.96. The summed E-state index contributed by atoms with van der Waals surface area (Å²) in [7, 11) is 1.82. The lowest BCUT2D eigenvalue weighted by molar-refractivity contribution is 0.00219. The van der Waals surface area contributed by atoms with Crippen LogP contribution >= 0.6 is 0 Å². The van der Waals surface area contributed by atoms with Crippen LogP contribution in [0.15, 0.2) is 35.3 Å². The zero-order chi connectivity index (χ0) is 23.8. The lowest BCUT2D eigenvalue weighted by Gasteiger charge is -2.39. The molecule has 6 heteroatoms. The summed E-state index contributed by atoms with van der Waals surface area (Å²) in [6, 6.07) is 9.05. The molecule has 0 unspecified atom stereocenters. The Morgan fingerprint density at radius 2 is 1.94 bits per heavy atom. The van der Waals surface area contributed by atoms with Gasteiger partial charge < -0.3 is 19.0 Å². The molecule has 1 N–H and O–H groups in total. The van der Waals surface area contributed by atoms with E-state index in [0.717, 1.165) is 67.1 Å². The maximum Gasteiger partial charge on any atom is 0.253 e. The second kappa shape index (κ2) is 9.59. The first-order valence-electron chi connectivity index (χ1n) is 12.7. The molecule has 6 nitrogen and oxygen atoms in total. The first kappa shape index (κ1) is 23.2. The molecule has 0 saturated carbocycles. The van der Waals surface area contributed by atoms with Gasteiger partial charge in [-0.25, -0.2) is 0 Å². The molecule has 0 spiro atoms. The number of likely N-dealkylation sites (tertiary alicyclic amines) is 1. The van der Waals surface area contributed by atoms with E-state index in [9.17, 15) is 4.79 Å². The number of pyridine rings is 1. The second-order valence-corrected chi connectivity index (χ2v) is 10.3. The number of aryl methyl sites for hydroxylation is 2. The first-order valence-corrected chi connectivity index (χ1v) is 12.7. The minimum Gasteiger partial charge on any atom is -0.489 e. The van der Waals surface area contributed by atoms with Crippen LogP contribution in [0.3, 0.4) is 0 Å². The SMILES string of the molecule is Cc1cc(-c2[nH]c3ccc(O[C@H]4CCCN(C5CCOCC5)C4)cc3c2C(C)C)cn(C)c1=O. The van der Waals surface area contributed by atoms with E-state index in [-0.39, 0.29) is 11.7 Å². The van der Waals surface area contributed by atoms with E-state index in [1.807, 2.05) is 26.2 Å². The number of ether oxygens (including phenoxy) is 2. The highest BCUT2D eigenvalue weighted by Gasteiger charge is 2.28. The summed E-state index contributed by atoms with van der Waals surface area (Å²) in [5.41, 5.74) is 5.30. The number of aromatic nitrogens is 2. The zero-order valence-electron chi connectivity index (χ0n) is 20.9. The molecule has 3 aromatic rings. The number of fused-ring (bicyclic) bond motifs is 1. The molecule has 4 heterocycles. The van der Waals surface area contributed by atoms with Crippen LogP contribution in [-0.2, 0) is 11.8 Å². The van der Waals surface area contributed by atoms with Crippen LogP contribution in [0, 0.1) is 6.92 Å². The predicted molar refractivity (Wildman–Crippen MR) is 137 cm³/mol. The number of nitrogens with one attached hydrogen (secondary N) is 1. The van der Waals surface area contributed by atoms with Gasteiger partial charge in [0.15, 0.2) is 0 Å². The van der Waals surface area contributed by atoms with Crippen molar-refractivity contribution in [2.24, 2.45) is 7.05 Å². The Labute approximate surface area is 201 Å². The average molecular weight is 464 g/mol. The third-order valence-corrected chi connectivity index (χ3v) is 7.46. The topological polar surface area (TPSA) is 59.5 Å². The van der Waals surface area contributed by atoms with Crippen LogP contribution in [-0.4, -0.2) is 52.9 Å². The van der Waals surface area contributed by atoms with Gasteiger partial charge in [0.2, 0.25) is 0 Å². The van der Waals surface area contributed by atoms with Gasteiger partial charge in [-0.2, -0.15) is 0 Å². The fraction of sp³-hybridized carbons (Fsp3) is 0.536. The van der Waals surface area contributed by atoms with Crippen molar-refractivity contribution in [1.29, 1.82) is 0 Å². The van der Waals surface area contributed by atoms with E-state index in [4.69, 9.17) is 9.47 Å². The van der Waals surface area contributed by atoms with Crippen LogP contribution in [0.4, 0.5) is 0 Å². The molecule has 0 aliphatic carbocycles. The van der Waals surface area contributed by atoms with Gasteiger partial charge in [-0.05, 0) is 74.9 Å². The van der Waals surface area contributed by atoms with Crippen LogP contribution in [0.25, 0.3) is 22.2 Å². The Morgan fingerprint density at radius 3 is 2.68 bits per heavy atom. The standard InChI is InChI=1S/C28H37N3O3/c1-18(2)26-24-15-22(34-23-6-5-11-31(17-23)21-9-12-33-13-10-21)7-8-25(24)29-27(26)20-14-19(3)28(32)30(4)16-20/h7-8,14-16,18,21,23,29H,5-6,9-13,17H2,1-4H3/t23-/m0/s1. The molecule has 34 heavy (non-hydrogen) atoms. The van der Waals surface area contributed by atoms with Crippen LogP contribution in [0.1, 0.15) is 56.6 Å². The third-order valence-electron chi connectivity index (χ3n) is 7.46. The van der Waals surface area contributed by atoms with Crippen LogP contribution in [0.2, 0.25) is 0 Å². The van der Waals surface area contributed by atoms with Crippen LogP contribution in [0.5, 0.6) is 5.75 Å². The molecule has 1 atom stereocenters. The maximum absolute atomic E-state index is 12.2. The molecule has 0 bridgehead atoms. The molecule has 2 saturated heterocycles. The molecule has 2 aliphatic heterocycles. The highest BCUT2D eigenvalue weighted by molar-refractivity contribution is 5.92. The molecule has 5 rings (SSSR count). The van der Waals surface area contributed by atoms with Crippen molar-refractivity contribution in [3.05, 3.63) is 51.9 Å². The number of benzene rings is 1. The van der Waals surface area contributed by atoms with Gasteiger partial charge in [0.05, 0.1) is 5.69 Å². The predicted octanol–water partition coefficient (Wildman–Crippen LogP) is 4.99. The Kier molecular flexibility index (Phi) is 6.54. The van der Waals surface area contributed by atoms with E-state index in [1.54, 1.807) is 4.57 Å². The summed E-state index contributed by atoms with van der Waals surface area (Å²) in [6.07, 6.45) is 6.70. The fourth-order valence-corrected chi connectivity index (χ4v) is 5.74. The first-order chi connectivity index (χ1) is 16.4. The second-order valence-electron chi connectivity index (χ2n) is 10.3. The van der Waals surface area contributed by atoms with Gasteiger partial charge in [-0.3, -0.25) is 9.69 Å². The summed E-state index contributed by atoms with van der Waals surface area (Å²) in [4.78, 5) is 18.5. The fourth-order valence-electron chi connectivity index (χ4n) is 5.74. The van der Waals surface area contributed by atoms with E-state index in [0.29, 0.717) is 12.0 Å². The summed E-state index contributed by atoms with van der Waals surface area (Å²) in [6.45, 7) is 10.3. The number of aromatic amines is 1. The van der Waals surface area contributed by atoms with Gasteiger partial charge in [0.1, 0.15) is 11.9 Å². The molecule has 0 amide bonds. The number of piperidine rings is 1. The Hall–Kier alpha value is -2.57. The van der Waals surface area contributed by atoms with Crippen molar-refractivity contribution >= 4 is 10.9 Å². The molecular formula is C28H37N3O3. The van der Waals surface area contributed by atoms with Crippen molar-refractivity contribution in [2.45, 2.75) is 64.5 Å². The van der Waals surface area contributed by atoms with Crippen LogP contribution < -0.4 is 10.3 Å². The molecule has 0 radical (unpaired) electrons. The number of nitrogens with zero attached hydrogens (tertiary/aromatic N) is 2. The van der Waals surface area contributed by atoms with Crippen molar-refractivity contribution < 1.29 is 9.47 Å². The number of rotatable bonds is 5. The van der Waals surface area contributed by atoms with Gasteiger partial charge in [0, 0.05) is 61.1 Å². The quantitative estimate of drug-likeness (QED) is 0.579. The van der Waals surface area contributed by atoms with Gasteiger partial charge in [-0.15, -0.1) is 0 Å². The molecule has 182 valence electrons. The molecule has 2 aromatic heterocycles. The molecule has 1 aromatic carbocycles. The van der Waals surface area contributed by atoms with E-state index in [1.165, 1.54) is 23.9 Å². The van der Waals surface area contributed by atoms with Crippen molar-refractivity contribution in [3.63, 3.8) is 0 Å². The third kappa shape index (κ3) is 4.53. The monoisotopic (exact) mass is 463 g/mol. The number of hydrogen-bond acceptors (Lipinski definition) is 4. The largest absolute Gasteiger partial charge is 0.489 e. The summed E-state index contributed by atoms with van der Waals surface area (Å²) >= 11 is 0. The molecule has 2 fully saturated rings. The van der Waals surface area contributed by atoms with Crippen molar-refractivity contribution in [1.82, 2.24) is 14.5 Å². The Balaban J connectivity index is 1.43. The normalized spacial score (nSPS) is 20.3. The van der Waals surface area contributed by atoms with E-state index >= 15 is 0 Å². The summed E-state index contributed by atoms with van der Waals surface area (Å²) < 4.78 is 13.8. The maximum atomic E-state index is 12.2. The minimum absolute atomic E-state index is 0.0453. The zero-order valence-corrected chi connectivity index (χ0v) is 20.9. The minimum atomic E-state index is 0.0453. The average Bonchev–Trinajstić information content (AvgIpc) is 3.22.